The second-order valence-electron chi connectivity index (χ2n) is 5.54. The highest BCUT2D eigenvalue weighted by atomic mass is 32.2. The van der Waals surface area contributed by atoms with Crippen molar-refractivity contribution in [2.24, 2.45) is 0 Å². The molecule has 0 saturated heterocycles. The van der Waals surface area contributed by atoms with Crippen LogP contribution in [0.1, 0.15) is 30.8 Å². The molecule has 0 fully saturated rings. The SMILES string of the molecule is Cc1cnccc1CCn1nnc(C(C)(C)S(C)(=O)=O)n1. The summed E-state index contributed by atoms with van der Waals surface area (Å²) in [6.07, 6.45) is 5.47. The maximum Gasteiger partial charge on any atom is 0.195 e. The smallest absolute Gasteiger partial charge is 0.195 e. The minimum Gasteiger partial charge on any atom is -0.264 e. The molecule has 8 heteroatoms. The maximum atomic E-state index is 11.8. The monoisotopic (exact) mass is 309 g/mol. The van der Waals surface area contributed by atoms with Crippen molar-refractivity contribution in [1.29, 1.82) is 0 Å². The van der Waals surface area contributed by atoms with Crippen LogP contribution in [0, 0.1) is 6.92 Å². The van der Waals surface area contributed by atoms with Crippen LogP contribution in [0.4, 0.5) is 0 Å². The summed E-state index contributed by atoms with van der Waals surface area (Å²) in [7, 11) is -3.30. The van der Waals surface area contributed by atoms with E-state index in [2.05, 4.69) is 20.4 Å². The first kappa shape index (κ1) is 15.6. The Kier molecular flexibility index (Phi) is 4.08. The van der Waals surface area contributed by atoms with Gasteiger partial charge in [0.25, 0.3) is 0 Å². The van der Waals surface area contributed by atoms with Gasteiger partial charge in [-0.3, -0.25) is 4.98 Å². The Labute approximate surface area is 124 Å². The number of tetrazole rings is 1. The zero-order valence-corrected chi connectivity index (χ0v) is 13.4. The third-order valence-corrected chi connectivity index (χ3v) is 5.67. The Balaban J connectivity index is 2.13. The topological polar surface area (TPSA) is 90.6 Å². The lowest BCUT2D eigenvalue weighted by Crippen LogP contribution is -2.29. The average molecular weight is 309 g/mol. The highest BCUT2D eigenvalue weighted by molar-refractivity contribution is 7.91. The summed E-state index contributed by atoms with van der Waals surface area (Å²) >= 11 is 0. The standard InChI is InChI=1S/C13H19N5O2S/c1-10-9-14-7-5-11(10)6-8-18-16-12(15-17-18)13(2,3)21(4,19)20/h5,7,9H,6,8H2,1-4H3. The van der Waals surface area contributed by atoms with Crippen LogP contribution in [0.3, 0.4) is 0 Å². The Morgan fingerprint density at radius 2 is 2.05 bits per heavy atom. The fourth-order valence-corrected chi connectivity index (χ4v) is 2.16. The van der Waals surface area contributed by atoms with Crippen molar-refractivity contribution >= 4 is 9.84 Å². The Bertz CT molecular complexity index is 737. The number of aryl methyl sites for hydroxylation is 3. The number of hydrogen-bond acceptors (Lipinski definition) is 6. The molecule has 21 heavy (non-hydrogen) atoms. The van der Waals surface area contributed by atoms with Gasteiger partial charge in [-0.05, 0) is 49.6 Å². The molecule has 0 saturated carbocycles. The van der Waals surface area contributed by atoms with Crippen LogP contribution < -0.4 is 0 Å². The molecular formula is C13H19N5O2S. The molecule has 7 nitrogen and oxygen atoms in total. The van der Waals surface area contributed by atoms with Gasteiger partial charge in [0, 0.05) is 18.6 Å². The van der Waals surface area contributed by atoms with E-state index in [-0.39, 0.29) is 5.82 Å². The van der Waals surface area contributed by atoms with Gasteiger partial charge in [-0.25, -0.2) is 8.42 Å². The van der Waals surface area contributed by atoms with Crippen molar-refractivity contribution in [2.45, 2.75) is 38.5 Å². The molecule has 0 aliphatic carbocycles. The third-order valence-electron chi connectivity index (χ3n) is 3.64. The second kappa shape index (κ2) is 5.51. The highest BCUT2D eigenvalue weighted by Crippen LogP contribution is 2.24. The van der Waals surface area contributed by atoms with Crippen molar-refractivity contribution in [1.82, 2.24) is 25.2 Å². The predicted octanol–water partition coefficient (Wildman–Crippen LogP) is 0.899. The fraction of sp³-hybridized carbons (Fsp3) is 0.538. The molecule has 0 spiro atoms. The van der Waals surface area contributed by atoms with Crippen molar-refractivity contribution in [3.8, 4) is 0 Å². The van der Waals surface area contributed by atoms with Gasteiger partial charge < -0.3 is 0 Å². The lowest BCUT2D eigenvalue weighted by molar-refractivity contribution is 0.513. The fourth-order valence-electron chi connectivity index (χ4n) is 1.75. The lowest BCUT2D eigenvalue weighted by Gasteiger charge is -2.17. The normalized spacial score (nSPS) is 12.6. The van der Waals surface area contributed by atoms with Gasteiger partial charge in [-0.15, -0.1) is 10.2 Å². The summed E-state index contributed by atoms with van der Waals surface area (Å²) in [5.74, 6) is 0.219. The predicted molar refractivity (Wildman–Crippen MR) is 78.4 cm³/mol. The van der Waals surface area contributed by atoms with E-state index in [0.29, 0.717) is 6.54 Å². The molecule has 0 atom stereocenters. The second-order valence-corrected chi connectivity index (χ2v) is 8.11. The quantitative estimate of drug-likeness (QED) is 0.815. The largest absolute Gasteiger partial charge is 0.264 e. The summed E-state index contributed by atoms with van der Waals surface area (Å²) < 4.78 is 22.4. The maximum absolute atomic E-state index is 11.8. The average Bonchev–Trinajstić information content (AvgIpc) is 2.86. The third kappa shape index (κ3) is 3.26. The summed E-state index contributed by atoms with van der Waals surface area (Å²) in [6, 6.07) is 1.95. The molecule has 0 aliphatic heterocycles. The van der Waals surface area contributed by atoms with E-state index in [9.17, 15) is 8.42 Å². The summed E-state index contributed by atoms with van der Waals surface area (Å²) in [5, 5.41) is 12.0. The molecule has 0 amide bonds. The number of rotatable bonds is 5. The molecular weight excluding hydrogens is 290 g/mol. The van der Waals surface area contributed by atoms with Crippen molar-refractivity contribution in [2.75, 3.05) is 6.26 Å². The molecule has 2 heterocycles. The van der Waals surface area contributed by atoms with E-state index < -0.39 is 14.6 Å². The summed E-state index contributed by atoms with van der Waals surface area (Å²) in [4.78, 5) is 5.48. The first-order chi connectivity index (χ1) is 9.72. The molecule has 0 radical (unpaired) electrons. The molecule has 0 aliphatic rings. The van der Waals surface area contributed by atoms with E-state index in [0.717, 1.165) is 17.5 Å². The van der Waals surface area contributed by atoms with Gasteiger partial charge in [-0.2, -0.15) is 4.80 Å². The van der Waals surface area contributed by atoms with Crippen LogP contribution >= 0.6 is 0 Å². The Morgan fingerprint density at radius 1 is 1.33 bits per heavy atom. The number of pyridine rings is 1. The lowest BCUT2D eigenvalue weighted by atomic mass is 10.1. The van der Waals surface area contributed by atoms with Crippen molar-refractivity contribution < 1.29 is 8.42 Å². The summed E-state index contributed by atoms with van der Waals surface area (Å²) in [5.41, 5.74) is 2.26. The van der Waals surface area contributed by atoms with Crippen LogP contribution in [0.5, 0.6) is 0 Å². The number of aromatic nitrogens is 5. The van der Waals surface area contributed by atoms with Gasteiger partial charge >= 0.3 is 0 Å². The molecule has 2 rings (SSSR count). The van der Waals surface area contributed by atoms with Crippen LogP contribution in [-0.2, 0) is 27.5 Å². The van der Waals surface area contributed by atoms with Gasteiger partial charge in [0.1, 0.15) is 4.75 Å². The summed E-state index contributed by atoms with van der Waals surface area (Å²) in [6.45, 7) is 5.69. The van der Waals surface area contributed by atoms with E-state index in [1.807, 2.05) is 19.2 Å². The van der Waals surface area contributed by atoms with Gasteiger partial charge in [0.05, 0.1) is 6.54 Å². The number of sulfone groups is 1. The first-order valence-electron chi connectivity index (χ1n) is 6.59. The zero-order chi connectivity index (χ0) is 15.7. The number of nitrogens with zero attached hydrogens (tertiary/aromatic N) is 5. The Hall–Kier alpha value is -1.83. The van der Waals surface area contributed by atoms with Gasteiger partial charge in [-0.1, -0.05) is 0 Å². The van der Waals surface area contributed by atoms with E-state index in [1.165, 1.54) is 11.1 Å². The molecule has 0 bridgehead atoms. The molecule has 0 aromatic carbocycles. The molecule has 114 valence electrons. The van der Waals surface area contributed by atoms with Crippen LogP contribution in [0.25, 0.3) is 0 Å². The van der Waals surface area contributed by atoms with E-state index in [1.54, 1.807) is 20.0 Å². The van der Waals surface area contributed by atoms with Crippen LogP contribution in [0.2, 0.25) is 0 Å². The molecule has 0 N–H and O–H groups in total. The minimum absolute atomic E-state index is 0.219. The van der Waals surface area contributed by atoms with Gasteiger partial charge in [0.2, 0.25) is 0 Å². The molecule has 2 aromatic heterocycles. The Morgan fingerprint density at radius 3 is 2.67 bits per heavy atom. The van der Waals surface area contributed by atoms with Crippen LogP contribution in [-0.4, -0.2) is 39.9 Å². The molecule has 2 aromatic rings. The first-order valence-corrected chi connectivity index (χ1v) is 8.48. The van der Waals surface area contributed by atoms with Crippen molar-refractivity contribution in [3.63, 3.8) is 0 Å². The van der Waals surface area contributed by atoms with Crippen molar-refractivity contribution in [3.05, 3.63) is 35.4 Å². The van der Waals surface area contributed by atoms with E-state index in [4.69, 9.17) is 0 Å². The zero-order valence-electron chi connectivity index (χ0n) is 12.6. The molecule has 0 unspecified atom stereocenters. The number of hydrogen-bond donors (Lipinski definition) is 0. The highest BCUT2D eigenvalue weighted by Gasteiger charge is 2.36. The minimum atomic E-state index is -3.30. The van der Waals surface area contributed by atoms with Crippen LogP contribution in [0.15, 0.2) is 18.5 Å². The van der Waals surface area contributed by atoms with Gasteiger partial charge in [0.15, 0.2) is 15.7 Å². The van der Waals surface area contributed by atoms with E-state index >= 15 is 0 Å².